The number of nitrogens with one attached hydrogen (secondary N) is 4. The van der Waals surface area contributed by atoms with Gasteiger partial charge in [-0.2, -0.15) is 12.6 Å². The molecule has 1 fully saturated rings. The lowest BCUT2D eigenvalue weighted by Crippen LogP contribution is -2.16. The summed E-state index contributed by atoms with van der Waals surface area (Å²) in [6.07, 6.45) is 7.94. The fourth-order valence-corrected chi connectivity index (χ4v) is 6.02. The Labute approximate surface area is 261 Å². The predicted octanol–water partition coefficient (Wildman–Crippen LogP) is 4.52. The number of hydrogen-bond acceptors (Lipinski definition) is 5. The van der Waals surface area contributed by atoms with Gasteiger partial charge < -0.3 is 30.8 Å². The van der Waals surface area contributed by atoms with Gasteiger partial charge in [-0.05, 0) is 86.1 Å². The number of thiol groups is 1. The number of carbonyl (C=O) groups is 4. The van der Waals surface area contributed by atoms with Gasteiger partial charge in [0.2, 0.25) is 5.91 Å². The highest BCUT2D eigenvalue weighted by Gasteiger charge is 2.30. The summed E-state index contributed by atoms with van der Waals surface area (Å²) >= 11 is 4.30. The number of amides is 2. The molecule has 10 nitrogen and oxygen atoms in total. The van der Waals surface area contributed by atoms with Gasteiger partial charge in [0.05, 0.1) is 5.92 Å². The molecule has 0 spiro atoms. The number of hydrogen-bond donors (Lipinski definition) is 7. The van der Waals surface area contributed by atoms with E-state index in [4.69, 9.17) is 0 Å². The van der Waals surface area contributed by atoms with E-state index in [2.05, 4.69) is 39.8 Å². The smallest absolute Gasteiger partial charge is 0.303 e. The molecule has 1 saturated heterocycles. The van der Waals surface area contributed by atoms with Crippen LogP contribution in [0.25, 0.3) is 12.2 Å². The Balaban J connectivity index is 1.80. The van der Waals surface area contributed by atoms with Gasteiger partial charge in [-0.15, -0.1) is 0 Å². The number of H-pyrrole nitrogens is 2. The molecule has 2 aromatic heterocycles. The van der Waals surface area contributed by atoms with E-state index < -0.39 is 11.9 Å². The van der Waals surface area contributed by atoms with E-state index in [0.717, 1.165) is 56.2 Å². The zero-order valence-corrected chi connectivity index (χ0v) is 26.2. The minimum absolute atomic E-state index is 0.0653. The van der Waals surface area contributed by atoms with Crippen molar-refractivity contribution in [2.75, 3.05) is 5.75 Å². The van der Waals surface area contributed by atoms with Gasteiger partial charge >= 0.3 is 11.9 Å². The lowest BCUT2D eigenvalue weighted by atomic mass is 9.98. The van der Waals surface area contributed by atoms with E-state index in [1.54, 1.807) is 0 Å². The van der Waals surface area contributed by atoms with E-state index in [1.165, 1.54) is 6.08 Å². The Kier molecular flexibility index (Phi) is 9.88. The standard InChI is InChI=1S/C33H38N4O6S/c1-6-20-16(2)26(36-33(20)43)13-24-17(3)21(7-9-30(38)39)27(34-24)15-28-22(8-10-31(40)41)18(4)25(35-28)14-29-23(11-12-44)19(5)32(42)37-29/h6,11,13-14,19,34-35,44H,1,7-10,12,15H2,2-5H3,(H,36,43)(H,37,42)(H,38,39)(H,40,41)/b23-11+,26-13+,29-14-/t19-/m0/s1. The number of aromatic nitrogens is 2. The maximum absolute atomic E-state index is 12.4. The van der Waals surface area contributed by atoms with Crippen molar-refractivity contribution in [3.05, 3.63) is 91.9 Å². The Morgan fingerprint density at radius 3 is 1.86 bits per heavy atom. The van der Waals surface area contributed by atoms with Gasteiger partial charge in [-0.1, -0.05) is 18.7 Å². The highest BCUT2D eigenvalue weighted by atomic mass is 32.1. The number of carbonyl (C=O) groups excluding carboxylic acids is 2. The first kappa shape index (κ1) is 32.4. The number of allylic oxidation sites excluding steroid dienone is 2. The molecular formula is C33H38N4O6S. The van der Waals surface area contributed by atoms with E-state index in [1.807, 2.05) is 45.9 Å². The number of rotatable bonds is 12. The fourth-order valence-electron chi connectivity index (χ4n) is 5.82. The van der Waals surface area contributed by atoms with Crippen molar-refractivity contribution in [2.24, 2.45) is 5.92 Å². The van der Waals surface area contributed by atoms with Crippen LogP contribution in [0.1, 0.15) is 71.7 Å². The van der Waals surface area contributed by atoms with Crippen LogP contribution in [0.5, 0.6) is 0 Å². The van der Waals surface area contributed by atoms with E-state index in [0.29, 0.717) is 35.6 Å². The minimum Gasteiger partial charge on any atom is -0.481 e. The lowest BCUT2D eigenvalue weighted by Gasteiger charge is -2.07. The van der Waals surface area contributed by atoms with E-state index in [-0.39, 0.29) is 37.0 Å². The second kappa shape index (κ2) is 13.4. The molecule has 2 aliphatic rings. The zero-order valence-electron chi connectivity index (χ0n) is 25.3. The van der Waals surface area contributed by atoms with Crippen LogP contribution in [0.4, 0.5) is 0 Å². The monoisotopic (exact) mass is 618 g/mol. The summed E-state index contributed by atoms with van der Waals surface area (Å²) in [5.74, 6) is -2.01. The molecule has 232 valence electrons. The zero-order chi connectivity index (χ0) is 32.3. The largest absolute Gasteiger partial charge is 0.481 e. The van der Waals surface area contributed by atoms with Gasteiger partial charge in [0.25, 0.3) is 5.91 Å². The summed E-state index contributed by atoms with van der Waals surface area (Å²) in [7, 11) is 0. The molecule has 4 rings (SSSR count). The van der Waals surface area contributed by atoms with Crippen molar-refractivity contribution in [1.29, 1.82) is 0 Å². The quantitative estimate of drug-likeness (QED) is 0.173. The van der Waals surface area contributed by atoms with Crippen molar-refractivity contribution < 1.29 is 29.4 Å². The third-order valence-electron chi connectivity index (χ3n) is 8.37. The first-order valence-corrected chi connectivity index (χ1v) is 15.0. The average Bonchev–Trinajstić information content (AvgIpc) is 3.60. The first-order valence-electron chi connectivity index (χ1n) is 14.4. The van der Waals surface area contributed by atoms with Gasteiger partial charge in [-0.3, -0.25) is 19.2 Å². The average molecular weight is 619 g/mol. The SMILES string of the molecule is C=CC1=C(C)/C(=C\c2[nH]c(Cc3[nH]c(/C=C4\NC(=O)[C@@H](C)\C4=C/CS)c(C)c3CCC(=O)O)c(CCC(=O)O)c2C)NC1=O. The van der Waals surface area contributed by atoms with Crippen LogP contribution in [0.2, 0.25) is 0 Å². The van der Waals surface area contributed by atoms with Gasteiger partial charge in [-0.25, -0.2) is 0 Å². The molecule has 1 atom stereocenters. The molecule has 2 aliphatic heterocycles. The highest BCUT2D eigenvalue weighted by Crippen LogP contribution is 2.32. The Morgan fingerprint density at radius 1 is 0.886 bits per heavy atom. The Hall–Kier alpha value is -4.51. The van der Waals surface area contributed by atoms with Crippen LogP contribution in [0.3, 0.4) is 0 Å². The van der Waals surface area contributed by atoms with Crippen LogP contribution in [0, 0.1) is 19.8 Å². The van der Waals surface area contributed by atoms with E-state index in [9.17, 15) is 29.4 Å². The molecule has 0 aliphatic carbocycles. The van der Waals surface area contributed by atoms with Gasteiger partial charge in [0.1, 0.15) is 0 Å². The molecule has 2 amide bonds. The van der Waals surface area contributed by atoms with Gasteiger partial charge in [0, 0.05) is 64.8 Å². The topological polar surface area (TPSA) is 164 Å². The molecule has 0 radical (unpaired) electrons. The summed E-state index contributed by atoms with van der Waals surface area (Å²) in [6.45, 7) is 11.2. The van der Waals surface area contributed by atoms with E-state index >= 15 is 0 Å². The predicted molar refractivity (Wildman–Crippen MR) is 172 cm³/mol. The molecule has 2 aromatic rings. The molecular weight excluding hydrogens is 580 g/mol. The van der Waals surface area contributed by atoms with Crippen molar-refractivity contribution in [3.63, 3.8) is 0 Å². The van der Waals surface area contributed by atoms with Crippen LogP contribution in [-0.2, 0) is 38.4 Å². The Bertz CT molecular complexity index is 1680. The van der Waals surface area contributed by atoms with Crippen molar-refractivity contribution in [2.45, 2.75) is 59.8 Å². The Morgan fingerprint density at radius 2 is 1.41 bits per heavy atom. The third kappa shape index (κ3) is 6.67. The molecule has 0 unspecified atom stereocenters. The fraction of sp³-hybridized carbons (Fsp3) is 0.333. The maximum atomic E-state index is 12.4. The number of aliphatic carboxylic acids is 2. The van der Waals surface area contributed by atoms with Crippen LogP contribution in [0.15, 0.2) is 46.8 Å². The summed E-state index contributed by atoms with van der Waals surface area (Å²) < 4.78 is 0. The maximum Gasteiger partial charge on any atom is 0.303 e. The lowest BCUT2D eigenvalue weighted by molar-refractivity contribution is -0.138. The summed E-state index contributed by atoms with van der Waals surface area (Å²) in [4.78, 5) is 54.8. The normalized spacial score (nSPS) is 19.4. The molecule has 44 heavy (non-hydrogen) atoms. The van der Waals surface area contributed by atoms with Gasteiger partial charge in [0.15, 0.2) is 0 Å². The summed E-state index contributed by atoms with van der Waals surface area (Å²) in [5.41, 5.74) is 9.93. The molecule has 6 N–H and O–H groups in total. The van der Waals surface area contributed by atoms with Crippen molar-refractivity contribution in [3.8, 4) is 0 Å². The molecule has 4 heterocycles. The third-order valence-corrected chi connectivity index (χ3v) is 8.55. The highest BCUT2D eigenvalue weighted by molar-refractivity contribution is 7.80. The minimum atomic E-state index is -0.918. The number of aromatic amines is 2. The van der Waals surface area contributed by atoms with Crippen LogP contribution in [-0.4, -0.2) is 49.7 Å². The first-order chi connectivity index (χ1) is 20.9. The number of carboxylic acid groups (broad SMARTS) is 2. The molecule has 11 heteroatoms. The summed E-state index contributed by atoms with van der Waals surface area (Å²) in [5, 5.41) is 24.7. The van der Waals surface area contributed by atoms with Crippen molar-refractivity contribution >= 4 is 48.5 Å². The molecule has 0 saturated carbocycles. The molecule has 0 bridgehead atoms. The molecule has 0 aromatic carbocycles. The van der Waals surface area contributed by atoms with Crippen LogP contribution >= 0.6 is 12.6 Å². The van der Waals surface area contributed by atoms with Crippen molar-refractivity contribution in [1.82, 2.24) is 20.6 Å². The van der Waals surface area contributed by atoms with Crippen LogP contribution < -0.4 is 10.6 Å². The summed E-state index contributed by atoms with van der Waals surface area (Å²) in [6, 6.07) is 0. The number of carboxylic acids is 2. The second-order valence-corrected chi connectivity index (χ2v) is 11.4. The second-order valence-electron chi connectivity index (χ2n) is 11.1.